The molecule has 0 saturated heterocycles. The number of anilines is 3. The number of aromatic nitrogens is 1. The van der Waals surface area contributed by atoms with Crippen LogP contribution in [0.3, 0.4) is 0 Å². The van der Waals surface area contributed by atoms with E-state index in [9.17, 15) is 0 Å². The SMILES string of the molecule is c1ccc(N(c2ccccc2)c2ccc3c(c2)c2c4sc5c6c(ccc5c4ccc2n3-c2ccccc2)Cc2ccccc2-6)cc1. The van der Waals surface area contributed by atoms with Crippen molar-refractivity contribution in [1.29, 1.82) is 0 Å². The van der Waals surface area contributed by atoms with Gasteiger partial charge >= 0.3 is 0 Å². The number of benzene rings is 7. The standard InChI is InChI=1S/C43H28N2S/c1-4-13-30(14-5-1)44(31-15-6-2-7-16-31)33-21-24-38-37(27-33)41-39(45(38)32-17-8-3-9-18-32)25-23-36-35-22-20-29-26-28-12-10-11-19-34(28)40(29)42(35)46-43(36)41/h1-25,27H,26H2. The zero-order valence-electron chi connectivity index (χ0n) is 25.0. The lowest BCUT2D eigenvalue weighted by molar-refractivity contribution is 1.18. The molecule has 1 aliphatic carbocycles. The van der Waals surface area contributed by atoms with E-state index in [1.807, 2.05) is 11.3 Å². The van der Waals surface area contributed by atoms with Crippen molar-refractivity contribution in [1.82, 2.24) is 4.57 Å². The topological polar surface area (TPSA) is 8.17 Å². The van der Waals surface area contributed by atoms with Gasteiger partial charge in [-0.1, -0.05) is 97.1 Å². The summed E-state index contributed by atoms with van der Waals surface area (Å²) in [6.45, 7) is 0. The number of hydrogen-bond donors (Lipinski definition) is 0. The van der Waals surface area contributed by atoms with Gasteiger partial charge in [-0.15, -0.1) is 11.3 Å². The highest BCUT2D eigenvalue weighted by Gasteiger charge is 2.25. The van der Waals surface area contributed by atoms with Crippen LogP contribution in [0, 0.1) is 0 Å². The van der Waals surface area contributed by atoms with Crippen LogP contribution < -0.4 is 4.90 Å². The van der Waals surface area contributed by atoms with E-state index in [-0.39, 0.29) is 0 Å². The van der Waals surface area contributed by atoms with Gasteiger partial charge < -0.3 is 9.47 Å². The third kappa shape index (κ3) is 3.70. The highest BCUT2D eigenvalue weighted by atomic mass is 32.1. The van der Waals surface area contributed by atoms with E-state index in [0.717, 1.165) is 23.5 Å². The molecule has 0 spiro atoms. The first kappa shape index (κ1) is 25.7. The van der Waals surface area contributed by atoms with E-state index in [2.05, 4.69) is 167 Å². The average Bonchev–Trinajstić information content (AvgIpc) is 3.79. The third-order valence-electron chi connectivity index (χ3n) is 9.57. The minimum Gasteiger partial charge on any atom is -0.310 e. The summed E-state index contributed by atoms with van der Waals surface area (Å²) in [4.78, 5) is 2.36. The molecule has 0 atom stereocenters. The van der Waals surface area contributed by atoms with E-state index in [1.165, 1.54) is 69.9 Å². The van der Waals surface area contributed by atoms with Crippen molar-refractivity contribution in [3.63, 3.8) is 0 Å². The van der Waals surface area contributed by atoms with Crippen LogP contribution in [0.25, 0.3) is 58.8 Å². The second kappa shape index (κ2) is 9.93. The molecule has 216 valence electrons. The summed E-state index contributed by atoms with van der Waals surface area (Å²) in [5, 5.41) is 5.27. The second-order valence-corrected chi connectivity index (χ2v) is 13.1. The molecule has 0 N–H and O–H groups in total. The van der Waals surface area contributed by atoms with E-state index in [4.69, 9.17) is 0 Å². The Morgan fingerprint density at radius 2 is 1.11 bits per heavy atom. The lowest BCUT2D eigenvalue weighted by Gasteiger charge is -2.25. The van der Waals surface area contributed by atoms with Crippen molar-refractivity contribution in [3.8, 4) is 16.8 Å². The van der Waals surface area contributed by atoms with Crippen molar-refractivity contribution in [3.05, 3.63) is 169 Å². The fourth-order valence-electron chi connectivity index (χ4n) is 7.59. The Hall–Kier alpha value is -5.64. The minimum absolute atomic E-state index is 1.01. The van der Waals surface area contributed by atoms with Gasteiger partial charge in [0.1, 0.15) is 0 Å². The Labute approximate surface area is 271 Å². The molecule has 1 aliphatic rings. The van der Waals surface area contributed by atoms with E-state index < -0.39 is 0 Å². The fraction of sp³-hybridized carbons (Fsp3) is 0.0233. The monoisotopic (exact) mass is 604 g/mol. The molecular formula is C43H28N2S. The fourth-order valence-corrected chi connectivity index (χ4v) is 9.03. The van der Waals surface area contributed by atoms with Gasteiger partial charge in [-0.05, 0) is 83.8 Å². The number of nitrogens with zero attached hydrogens (tertiary/aromatic N) is 2. The molecule has 2 aromatic heterocycles. The molecular weight excluding hydrogens is 577 g/mol. The molecule has 9 aromatic rings. The van der Waals surface area contributed by atoms with Gasteiger partial charge in [-0.25, -0.2) is 0 Å². The molecule has 0 aliphatic heterocycles. The first-order chi connectivity index (χ1) is 22.8. The molecule has 0 bridgehead atoms. The van der Waals surface area contributed by atoms with Crippen LogP contribution in [0.4, 0.5) is 17.1 Å². The quantitative estimate of drug-likeness (QED) is 0.194. The van der Waals surface area contributed by atoms with Crippen molar-refractivity contribution in [2.45, 2.75) is 6.42 Å². The van der Waals surface area contributed by atoms with Crippen LogP contribution in [0.2, 0.25) is 0 Å². The Morgan fingerprint density at radius 3 is 1.87 bits per heavy atom. The number of para-hydroxylation sites is 3. The van der Waals surface area contributed by atoms with E-state index >= 15 is 0 Å². The lowest BCUT2D eigenvalue weighted by Crippen LogP contribution is -2.09. The lowest BCUT2D eigenvalue weighted by atomic mass is 10.0. The van der Waals surface area contributed by atoms with Gasteiger partial charge in [-0.3, -0.25) is 0 Å². The largest absolute Gasteiger partial charge is 0.310 e. The maximum atomic E-state index is 2.44. The van der Waals surface area contributed by atoms with Crippen LogP contribution in [-0.2, 0) is 6.42 Å². The van der Waals surface area contributed by atoms with Crippen LogP contribution in [0.15, 0.2) is 158 Å². The average molecular weight is 605 g/mol. The minimum atomic E-state index is 1.01. The van der Waals surface area contributed by atoms with E-state index in [1.54, 1.807) is 0 Å². The molecule has 3 heteroatoms. The molecule has 0 unspecified atom stereocenters. The Balaban J connectivity index is 1.31. The molecule has 0 amide bonds. The van der Waals surface area contributed by atoms with Gasteiger partial charge in [0.15, 0.2) is 0 Å². The summed E-state index contributed by atoms with van der Waals surface area (Å²) < 4.78 is 5.19. The number of hydrogen-bond acceptors (Lipinski definition) is 2. The highest BCUT2D eigenvalue weighted by molar-refractivity contribution is 7.27. The van der Waals surface area contributed by atoms with Crippen LogP contribution in [-0.4, -0.2) is 4.57 Å². The van der Waals surface area contributed by atoms with Gasteiger partial charge in [0.25, 0.3) is 0 Å². The maximum absolute atomic E-state index is 2.44. The van der Waals surface area contributed by atoms with Gasteiger partial charge in [-0.2, -0.15) is 0 Å². The first-order valence-electron chi connectivity index (χ1n) is 15.8. The van der Waals surface area contributed by atoms with Crippen molar-refractivity contribution >= 4 is 70.4 Å². The molecule has 46 heavy (non-hydrogen) atoms. The van der Waals surface area contributed by atoms with Crippen molar-refractivity contribution < 1.29 is 0 Å². The first-order valence-corrected chi connectivity index (χ1v) is 16.6. The van der Waals surface area contributed by atoms with Gasteiger partial charge in [0.05, 0.1) is 11.0 Å². The molecule has 2 heterocycles. The van der Waals surface area contributed by atoms with E-state index in [0.29, 0.717) is 0 Å². The van der Waals surface area contributed by atoms with Crippen LogP contribution >= 0.6 is 11.3 Å². The third-order valence-corrected chi connectivity index (χ3v) is 10.8. The highest BCUT2D eigenvalue weighted by Crippen LogP contribution is 2.50. The molecule has 0 fully saturated rings. The van der Waals surface area contributed by atoms with Gasteiger partial charge in [0.2, 0.25) is 0 Å². The smallest absolute Gasteiger partial charge is 0.0555 e. The Morgan fingerprint density at radius 1 is 0.478 bits per heavy atom. The molecule has 0 saturated carbocycles. The van der Waals surface area contributed by atoms with Crippen molar-refractivity contribution in [2.24, 2.45) is 0 Å². The number of rotatable bonds is 4. The second-order valence-electron chi connectivity index (χ2n) is 12.1. The molecule has 10 rings (SSSR count). The zero-order chi connectivity index (χ0) is 30.2. The number of fused-ring (bicyclic) bond motifs is 11. The maximum Gasteiger partial charge on any atom is 0.0555 e. The predicted molar refractivity (Wildman–Crippen MR) is 197 cm³/mol. The summed E-state index contributed by atoms with van der Waals surface area (Å²) in [6, 6.07) is 57.5. The van der Waals surface area contributed by atoms with Crippen LogP contribution in [0.1, 0.15) is 11.1 Å². The molecule has 7 aromatic carbocycles. The predicted octanol–water partition coefficient (Wildman–Crippen LogP) is 12.2. The normalized spacial score (nSPS) is 12.3. The Kier molecular flexibility index (Phi) is 5.54. The van der Waals surface area contributed by atoms with Gasteiger partial charge in [0, 0.05) is 59.3 Å². The Bertz CT molecular complexity index is 2560. The van der Waals surface area contributed by atoms with Crippen molar-refractivity contribution in [2.75, 3.05) is 4.90 Å². The summed E-state index contributed by atoms with van der Waals surface area (Å²) in [6.07, 6.45) is 1.01. The zero-order valence-corrected chi connectivity index (χ0v) is 25.8. The number of thiophene rings is 1. The molecule has 0 radical (unpaired) electrons. The summed E-state index contributed by atoms with van der Waals surface area (Å²) in [7, 11) is 0. The van der Waals surface area contributed by atoms with Crippen LogP contribution in [0.5, 0.6) is 0 Å². The summed E-state index contributed by atoms with van der Waals surface area (Å²) in [5.41, 5.74) is 12.7. The summed E-state index contributed by atoms with van der Waals surface area (Å²) in [5.74, 6) is 0. The summed E-state index contributed by atoms with van der Waals surface area (Å²) >= 11 is 1.96. The molecule has 2 nitrogen and oxygen atoms in total.